The minimum atomic E-state index is -4.05. The van der Waals surface area contributed by atoms with Gasteiger partial charge in [-0.25, -0.2) is 22.0 Å². The third-order valence-corrected chi connectivity index (χ3v) is 7.63. The topological polar surface area (TPSA) is 144 Å². The molecule has 2 aromatic carbocycles. The average molecular weight is 421 g/mol. The Bertz CT molecular complexity index is 1270. The highest BCUT2D eigenvalue weighted by Gasteiger charge is 2.38. The predicted octanol–water partition coefficient (Wildman–Crippen LogP) is 0.357. The van der Waals surface area contributed by atoms with Crippen LogP contribution in [0.2, 0.25) is 0 Å². The molecule has 1 atom stereocenters. The summed E-state index contributed by atoms with van der Waals surface area (Å²) in [5.74, 6) is -1.22. The van der Waals surface area contributed by atoms with Crippen molar-refractivity contribution in [1.82, 2.24) is 5.32 Å². The Labute approximate surface area is 161 Å². The molecule has 2 aliphatic heterocycles. The molecule has 9 nitrogen and oxygen atoms in total. The molecule has 3 N–H and O–H groups in total. The van der Waals surface area contributed by atoms with Crippen molar-refractivity contribution >= 4 is 37.5 Å². The number of carbonyl (C=O) groups excluding carboxylic acids is 2. The van der Waals surface area contributed by atoms with Crippen molar-refractivity contribution in [3.05, 3.63) is 53.1 Å². The van der Waals surface area contributed by atoms with Gasteiger partial charge >= 0.3 is 0 Å². The molecule has 0 saturated carbocycles. The maximum atomic E-state index is 13.2. The molecule has 4 rings (SSSR count). The SMILES string of the molecule is CC1Cc2cc(S(N)(=O)=O)ccc2N1S(=O)(=O)c1ccc2c(c1)C(=O)NC2=O. The first-order valence-corrected chi connectivity index (χ1v) is 11.2. The number of fused-ring (bicyclic) bond motifs is 2. The summed E-state index contributed by atoms with van der Waals surface area (Å²) in [4.78, 5) is 23.3. The van der Waals surface area contributed by atoms with Gasteiger partial charge in [-0.1, -0.05) is 0 Å². The zero-order valence-electron chi connectivity index (χ0n) is 14.5. The third kappa shape index (κ3) is 2.70. The van der Waals surface area contributed by atoms with E-state index in [1.165, 1.54) is 40.7 Å². The van der Waals surface area contributed by atoms with E-state index in [-0.39, 0.29) is 20.9 Å². The van der Waals surface area contributed by atoms with Gasteiger partial charge in [-0.15, -0.1) is 0 Å². The number of nitrogens with one attached hydrogen (secondary N) is 1. The van der Waals surface area contributed by atoms with Crippen molar-refractivity contribution in [3.8, 4) is 0 Å². The lowest BCUT2D eigenvalue weighted by Gasteiger charge is -2.24. The number of nitrogens with zero attached hydrogens (tertiary/aromatic N) is 1. The Morgan fingerprint density at radius 3 is 2.29 bits per heavy atom. The van der Waals surface area contributed by atoms with Crippen LogP contribution in [0.25, 0.3) is 0 Å². The third-order valence-electron chi connectivity index (χ3n) is 4.80. The van der Waals surface area contributed by atoms with Crippen LogP contribution in [0.5, 0.6) is 0 Å². The fourth-order valence-electron chi connectivity index (χ4n) is 3.54. The highest BCUT2D eigenvalue weighted by atomic mass is 32.2. The maximum Gasteiger partial charge on any atom is 0.264 e. The van der Waals surface area contributed by atoms with Gasteiger partial charge in [0.2, 0.25) is 10.0 Å². The average Bonchev–Trinajstić information content (AvgIpc) is 3.09. The van der Waals surface area contributed by atoms with E-state index < -0.39 is 37.9 Å². The number of imide groups is 1. The smallest absolute Gasteiger partial charge is 0.264 e. The van der Waals surface area contributed by atoms with Gasteiger partial charge in [0.15, 0.2) is 0 Å². The largest absolute Gasteiger partial charge is 0.288 e. The molecule has 11 heteroatoms. The monoisotopic (exact) mass is 421 g/mol. The molecule has 0 bridgehead atoms. The second kappa shape index (κ2) is 5.87. The standard InChI is InChI=1S/C17H15N3O6S2/c1-9-6-10-7-11(27(18,23)24)3-5-15(10)20(9)28(25,26)12-2-4-13-14(8-12)17(22)19-16(13)21/h2-5,7-9H,6H2,1H3,(H2,18,23,24)(H,19,21,22). The van der Waals surface area contributed by atoms with Crippen LogP contribution >= 0.6 is 0 Å². The second-order valence-electron chi connectivity index (χ2n) is 6.68. The van der Waals surface area contributed by atoms with Crippen molar-refractivity contribution in [3.63, 3.8) is 0 Å². The highest BCUT2D eigenvalue weighted by molar-refractivity contribution is 7.93. The van der Waals surface area contributed by atoms with Gasteiger partial charge in [0, 0.05) is 6.04 Å². The number of amides is 2. The molecule has 28 heavy (non-hydrogen) atoms. The van der Waals surface area contributed by atoms with Crippen LogP contribution in [0, 0.1) is 0 Å². The van der Waals surface area contributed by atoms with E-state index in [0.29, 0.717) is 17.7 Å². The van der Waals surface area contributed by atoms with Gasteiger partial charge in [-0.05, 0) is 55.3 Å². The first kappa shape index (κ1) is 18.6. The van der Waals surface area contributed by atoms with Crippen molar-refractivity contribution in [2.24, 2.45) is 5.14 Å². The lowest BCUT2D eigenvalue weighted by atomic mass is 10.1. The number of hydrogen-bond acceptors (Lipinski definition) is 6. The van der Waals surface area contributed by atoms with E-state index in [2.05, 4.69) is 5.32 Å². The Hall–Kier alpha value is -2.76. The Morgan fingerprint density at radius 2 is 1.61 bits per heavy atom. The molecule has 0 aliphatic carbocycles. The van der Waals surface area contributed by atoms with Crippen molar-refractivity contribution in [2.45, 2.75) is 29.2 Å². The molecule has 146 valence electrons. The number of carbonyl (C=O) groups is 2. The molecule has 2 aromatic rings. The number of anilines is 1. The number of sulfonamides is 2. The summed E-state index contributed by atoms with van der Waals surface area (Å²) >= 11 is 0. The van der Waals surface area contributed by atoms with Crippen molar-refractivity contribution in [2.75, 3.05) is 4.31 Å². The van der Waals surface area contributed by atoms with Crippen molar-refractivity contribution < 1.29 is 26.4 Å². The highest BCUT2D eigenvalue weighted by Crippen LogP contribution is 2.38. The van der Waals surface area contributed by atoms with Crippen LogP contribution in [-0.4, -0.2) is 34.7 Å². The molecular weight excluding hydrogens is 406 g/mol. The van der Waals surface area contributed by atoms with E-state index in [9.17, 15) is 26.4 Å². The summed E-state index contributed by atoms with van der Waals surface area (Å²) in [6.45, 7) is 1.69. The summed E-state index contributed by atoms with van der Waals surface area (Å²) in [6, 6.07) is 7.30. The van der Waals surface area contributed by atoms with Crippen LogP contribution in [0.3, 0.4) is 0 Å². The van der Waals surface area contributed by atoms with Gasteiger partial charge in [0.1, 0.15) is 0 Å². The van der Waals surface area contributed by atoms with E-state index in [0.717, 1.165) is 0 Å². The number of nitrogens with two attached hydrogens (primary N) is 1. The number of primary sulfonamides is 1. The summed E-state index contributed by atoms with van der Waals surface area (Å²) in [7, 11) is -7.96. The summed E-state index contributed by atoms with van der Waals surface area (Å²) in [5, 5.41) is 7.27. The zero-order chi connectivity index (χ0) is 20.4. The lowest BCUT2D eigenvalue weighted by molar-refractivity contribution is 0.0879. The lowest BCUT2D eigenvalue weighted by Crippen LogP contribution is -2.35. The Kier molecular flexibility index (Phi) is 3.90. The van der Waals surface area contributed by atoms with Crippen molar-refractivity contribution in [1.29, 1.82) is 0 Å². The number of hydrogen-bond donors (Lipinski definition) is 2. The summed E-state index contributed by atoms with van der Waals surface area (Å²) < 4.78 is 50.8. The van der Waals surface area contributed by atoms with Crippen LogP contribution in [0.15, 0.2) is 46.2 Å². The molecule has 0 saturated heterocycles. The predicted molar refractivity (Wildman–Crippen MR) is 98.9 cm³/mol. The molecule has 2 aliphatic rings. The van der Waals surface area contributed by atoms with Gasteiger partial charge in [-0.2, -0.15) is 0 Å². The maximum absolute atomic E-state index is 13.2. The van der Waals surface area contributed by atoms with Gasteiger partial charge in [0.05, 0.1) is 26.6 Å². The summed E-state index contributed by atoms with van der Waals surface area (Å²) in [6.07, 6.45) is 0.307. The molecule has 0 aromatic heterocycles. The number of benzene rings is 2. The molecule has 2 heterocycles. The Balaban J connectivity index is 1.81. The normalized spacial score (nSPS) is 18.8. The first-order chi connectivity index (χ1) is 13.0. The Morgan fingerprint density at radius 1 is 0.964 bits per heavy atom. The van der Waals surface area contributed by atoms with Crippen LogP contribution in [-0.2, 0) is 26.5 Å². The van der Waals surface area contributed by atoms with Gasteiger partial charge in [0.25, 0.3) is 21.8 Å². The summed E-state index contributed by atoms with van der Waals surface area (Å²) in [5.41, 5.74) is 1.01. The zero-order valence-corrected chi connectivity index (χ0v) is 16.2. The van der Waals surface area contributed by atoms with E-state index in [1.807, 2.05) is 0 Å². The molecule has 0 fully saturated rings. The van der Waals surface area contributed by atoms with Crippen LogP contribution < -0.4 is 14.8 Å². The molecule has 2 amide bonds. The van der Waals surface area contributed by atoms with E-state index in [1.54, 1.807) is 6.92 Å². The second-order valence-corrected chi connectivity index (χ2v) is 10.1. The fraction of sp³-hybridized carbons (Fsp3) is 0.176. The molecule has 0 spiro atoms. The van der Waals surface area contributed by atoms with Gasteiger partial charge in [-0.3, -0.25) is 19.2 Å². The minimum absolute atomic E-state index is 0.00252. The first-order valence-electron chi connectivity index (χ1n) is 8.20. The minimum Gasteiger partial charge on any atom is -0.288 e. The van der Waals surface area contributed by atoms with Gasteiger partial charge < -0.3 is 0 Å². The van der Waals surface area contributed by atoms with E-state index in [4.69, 9.17) is 5.14 Å². The van der Waals surface area contributed by atoms with E-state index >= 15 is 0 Å². The molecule has 0 radical (unpaired) electrons. The fourth-order valence-corrected chi connectivity index (χ4v) is 5.83. The van der Waals surface area contributed by atoms with Crippen LogP contribution in [0.4, 0.5) is 5.69 Å². The quantitative estimate of drug-likeness (QED) is 0.685. The van der Waals surface area contributed by atoms with Crippen LogP contribution in [0.1, 0.15) is 33.2 Å². The number of rotatable bonds is 3. The molecular formula is C17H15N3O6S2. The molecule has 1 unspecified atom stereocenters.